The molecule has 2 aromatic heterocycles. The van der Waals surface area contributed by atoms with E-state index < -0.39 is 0 Å². The Balaban J connectivity index is 1.65. The molecule has 158 valence electrons. The van der Waals surface area contributed by atoms with Crippen molar-refractivity contribution in [3.05, 3.63) is 41.6 Å². The Morgan fingerprint density at radius 1 is 1.07 bits per heavy atom. The molecule has 3 aromatic rings. The van der Waals surface area contributed by atoms with Crippen LogP contribution in [0.5, 0.6) is 0 Å². The minimum atomic E-state index is -0.351. The van der Waals surface area contributed by atoms with E-state index in [0.717, 1.165) is 25.7 Å². The van der Waals surface area contributed by atoms with Crippen molar-refractivity contribution in [1.29, 1.82) is 0 Å². The van der Waals surface area contributed by atoms with Crippen molar-refractivity contribution in [3.63, 3.8) is 0 Å². The third-order valence-corrected chi connectivity index (χ3v) is 6.24. The van der Waals surface area contributed by atoms with Crippen molar-refractivity contribution in [3.8, 4) is 0 Å². The summed E-state index contributed by atoms with van der Waals surface area (Å²) in [4.78, 5) is 30.2. The zero-order valence-corrected chi connectivity index (χ0v) is 18.4. The van der Waals surface area contributed by atoms with Crippen molar-refractivity contribution >= 4 is 38.6 Å². The molecular formula is C22H27N5O2S. The number of nitrogens with zero attached hydrogens (tertiary/aromatic N) is 3. The maximum atomic E-state index is 13.0. The molecule has 1 fully saturated rings. The molecule has 0 atom stereocenters. The Hall–Kier alpha value is -2.74. The second-order valence-corrected chi connectivity index (χ2v) is 9.73. The number of anilines is 1. The van der Waals surface area contributed by atoms with Gasteiger partial charge in [-0.1, -0.05) is 48.8 Å². The number of benzene rings is 1. The molecule has 0 aliphatic heterocycles. The van der Waals surface area contributed by atoms with Crippen LogP contribution in [0.25, 0.3) is 10.3 Å². The number of nitrogens with one attached hydrogen (secondary N) is 2. The lowest BCUT2D eigenvalue weighted by molar-refractivity contribution is 0.0922. The van der Waals surface area contributed by atoms with Crippen molar-refractivity contribution in [2.75, 3.05) is 5.32 Å². The number of fused-ring (bicyclic) bond motifs is 1. The molecule has 0 spiro atoms. The van der Waals surface area contributed by atoms with Crippen LogP contribution in [0.15, 0.2) is 30.3 Å². The van der Waals surface area contributed by atoms with E-state index in [1.165, 1.54) is 17.8 Å². The molecular weight excluding hydrogens is 398 g/mol. The number of hydrogen-bond donors (Lipinski definition) is 2. The highest BCUT2D eigenvalue weighted by Crippen LogP contribution is 2.32. The molecule has 1 aliphatic rings. The fourth-order valence-corrected chi connectivity index (χ4v) is 4.65. The normalized spacial score (nSPS) is 15.3. The van der Waals surface area contributed by atoms with E-state index >= 15 is 0 Å². The van der Waals surface area contributed by atoms with E-state index in [-0.39, 0.29) is 23.4 Å². The Kier molecular flexibility index (Phi) is 5.60. The van der Waals surface area contributed by atoms with Gasteiger partial charge in [0.05, 0.1) is 5.54 Å². The molecule has 1 aromatic carbocycles. The molecule has 2 N–H and O–H groups in total. The maximum absolute atomic E-state index is 13.0. The fourth-order valence-electron chi connectivity index (χ4n) is 3.73. The first kappa shape index (κ1) is 20.5. The van der Waals surface area contributed by atoms with Gasteiger partial charge in [-0.3, -0.25) is 14.9 Å². The van der Waals surface area contributed by atoms with Gasteiger partial charge < -0.3 is 5.32 Å². The zero-order valence-electron chi connectivity index (χ0n) is 17.6. The standard InChI is InChI=1S/C22H27N5O2S/c1-22(2,3)27-18-17(16(26-27)20(29)23-15-12-8-5-9-13-15)30-21(24-18)25-19(28)14-10-6-4-7-11-14/h4,6-7,10-11,15H,5,8-9,12-13H2,1-3H3,(H,23,29)(H,24,25,28). The van der Waals surface area contributed by atoms with Crippen molar-refractivity contribution in [1.82, 2.24) is 20.1 Å². The third kappa shape index (κ3) is 4.23. The first-order valence-electron chi connectivity index (χ1n) is 10.4. The second-order valence-electron chi connectivity index (χ2n) is 8.73. The minimum absolute atomic E-state index is 0.167. The Bertz CT molecular complexity index is 1060. The lowest BCUT2D eigenvalue weighted by atomic mass is 9.95. The lowest BCUT2D eigenvalue weighted by Gasteiger charge is -2.22. The van der Waals surface area contributed by atoms with E-state index in [4.69, 9.17) is 0 Å². The number of carbonyl (C=O) groups is 2. The summed E-state index contributed by atoms with van der Waals surface area (Å²) in [6.45, 7) is 6.05. The molecule has 0 radical (unpaired) electrons. The van der Waals surface area contributed by atoms with Crippen LogP contribution in [0.1, 0.15) is 73.7 Å². The summed E-state index contributed by atoms with van der Waals surface area (Å²) in [5.74, 6) is -0.394. The smallest absolute Gasteiger partial charge is 0.273 e. The summed E-state index contributed by atoms with van der Waals surface area (Å²) in [5, 5.41) is 11.1. The average Bonchev–Trinajstić information content (AvgIpc) is 3.27. The van der Waals surface area contributed by atoms with Crippen LogP contribution in [0, 0.1) is 0 Å². The minimum Gasteiger partial charge on any atom is -0.348 e. The van der Waals surface area contributed by atoms with E-state index in [1.807, 2.05) is 39.0 Å². The Morgan fingerprint density at radius 2 is 1.77 bits per heavy atom. The lowest BCUT2D eigenvalue weighted by Crippen LogP contribution is -2.36. The number of carbonyl (C=O) groups excluding carboxylic acids is 2. The predicted molar refractivity (Wildman–Crippen MR) is 119 cm³/mol. The Morgan fingerprint density at radius 3 is 2.43 bits per heavy atom. The summed E-state index contributed by atoms with van der Waals surface area (Å²) in [5.41, 5.74) is 1.20. The van der Waals surface area contributed by atoms with Crippen molar-refractivity contribution < 1.29 is 9.59 Å². The molecule has 0 bridgehead atoms. The number of rotatable bonds is 4. The quantitative estimate of drug-likeness (QED) is 0.641. The number of thiazole rings is 1. The maximum Gasteiger partial charge on any atom is 0.273 e. The highest BCUT2D eigenvalue weighted by atomic mass is 32.1. The molecule has 2 heterocycles. The highest BCUT2D eigenvalue weighted by molar-refractivity contribution is 7.22. The SMILES string of the molecule is CC(C)(C)n1nc(C(=O)NC2CCCCC2)c2sc(NC(=O)c3ccccc3)nc21. The first-order chi connectivity index (χ1) is 14.3. The van der Waals surface area contributed by atoms with E-state index in [0.29, 0.717) is 26.7 Å². The van der Waals surface area contributed by atoms with Crippen molar-refractivity contribution in [2.24, 2.45) is 0 Å². The van der Waals surface area contributed by atoms with Crippen LogP contribution >= 0.6 is 11.3 Å². The third-order valence-electron chi connectivity index (χ3n) is 5.27. The second kappa shape index (κ2) is 8.18. The highest BCUT2D eigenvalue weighted by Gasteiger charge is 2.28. The topological polar surface area (TPSA) is 88.9 Å². The molecule has 0 saturated heterocycles. The van der Waals surface area contributed by atoms with Gasteiger partial charge in [0, 0.05) is 11.6 Å². The molecule has 7 nitrogen and oxygen atoms in total. The van der Waals surface area contributed by atoms with Crippen molar-refractivity contribution in [2.45, 2.75) is 64.5 Å². The van der Waals surface area contributed by atoms with Crippen LogP contribution in [-0.4, -0.2) is 32.6 Å². The van der Waals surface area contributed by atoms with Gasteiger partial charge in [0.15, 0.2) is 16.5 Å². The van der Waals surface area contributed by atoms with Gasteiger partial charge in [0.25, 0.3) is 11.8 Å². The molecule has 2 amide bonds. The van der Waals surface area contributed by atoms with Crippen LogP contribution < -0.4 is 10.6 Å². The van der Waals surface area contributed by atoms with E-state index in [9.17, 15) is 9.59 Å². The van der Waals surface area contributed by atoms with Crippen LogP contribution in [-0.2, 0) is 5.54 Å². The van der Waals surface area contributed by atoms with E-state index in [2.05, 4.69) is 20.7 Å². The average molecular weight is 426 g/mol. The summed E-state index contributed by atoms with van der Waals surface area (Å²) in [6, 6.07) is 9.21. The molecule has 1 saturated carbocycles. The molecule has 1 aliphatic carbocycles. The van der Waals surface area contributed by atoms with Crippen LogP contribution in [0.2, 0.25) is 0 Å². The summed E-state index contributed by atoms with van der Waals surface area (Å²) >= 11 is 1.29. The van der Waals surface area contributed by atoms with Gasteiger partial charge in [-0.2, -0.15) is 10.1 Å². The number of amides is 2. The van der Waals surface area contributed by atoms with E-state index in [1.54, 1.807) is 16.8 Å². The summed E-state index contributed by atoms with van der Waals surface area (Å²) in [6.07, 6.45) is 5.54. The summed E-state index contributed by atoms with van der Waals surface area (Å²) < 4.78 is 2.47. The van der Waals surface area contributed by atoms with Crippen LogP contribution in [0.4, 0.5) is 5.13 Å². The largest absolute Gasteiger partial charge is 0.348 e. The monoisotopic (exact) mass is 425 g/mol. The number of hydrogen-bond acceptors (Lipinski definition) is 5. The molecule has 30 heavy (non-hydrogen) atoms. The Labute approximate surface area is 179 Å². The number of aromatic nitrogens is 3. The predicted octanol–water partition coefficient (Wildman–Crippen LogP) is 4.56. The van der Waals surface area contributed by atoms with Gasteiger partial charge in [0.2, 0.25) is 0 Å². The van der Waals surface area contributed by atoms with Gasteiger partial charge in [0.1, 0.15) is 4.70 Å². The van der Waals surface area contributed by atoms with Gasteiger partial charge >= 0.3 is 0 Å². The van der Waals surface area contributed by atoms with Gasteiger partial charge in [-0.15, -0.1) is 0 Å². The zero-order chi connectivity index (χ0) is 21.3. The molecule has 8 heteroatoms. The summed E-state index contributed by atoms with van der Waals surface area (Å²) in [7, 11) is 0. The van der Waals surface area contributed by atoms with Crippen LogP contribution in [0.3, 0.4) is 0 Å². The van der Waals surface area contributed by atoms with Gasteiger partial charge in [-0.05, 0) is 45.7 Å². The van der Waals surface area contributed by atoms with Gasteiger partial charge in [-0.25, -0.2) is 4.68 Å². The molecule has 0 unspecified atom stereocenters. The molecule has 4 rings (SSSR count). The first-order valence-corrected chi connectivity index (χ1v) is 11.2. The fraction of sp³-hybridized carbons (Fsp3) is 0.455.